The van der Waals surface area contributed by atoms with Gasteiger partial charge in [0.1, 0.15) is 5.82 Å². The van der Waals surface area contributed by atoms with Crippen LogP contribution in [0.1, 0.15) is 13.3 Å². The van der Waals surface area contributed by atoms with Crippen molar-refractivity contribution >= 4 is 33.3 Å². The third-order valence-electron chi connectivity index (χ3n) is 2.96. The van der Waals surface area contributed by atoms with Crippen LogP contribution in [0.25, 0.3) is 0 Å². The average molecular weight is 306 g/mol. The zero-order valence-corrected chi connectivity index (χ0v) is 11.6. The quantitative estimate of drug-likeness (QED) is 0.839. The van der Waals surface area contributed by atoms with Crippen molar-refractivity contribution in [1.29, 1.82) is 0 Å². The summed E-state index contributed by atoms with van der Waals surface area (Å²) in [5, 5.41) is 0.639. The monoisotopic (exact) mass is 304 g/mol. The molecule has 16 heavy (non-hydrogen) atoms. The van der Waals surface area contributed by atoms with Crippen LogP contribution < -0.4 is 4.90 Å². The Morgan fingerprint density at radius 3 is 2.94 bits per heavy atom. The van der Waals surface area contributed by atoms with E-state index in [4.69, 9.17) is 16.3 Å². The number of hydrogen-bond donors (Lipinski definition) is 0. The van der Waals surface area contributed by atoms with Crippen LogP contribution in [-0.4, -0.2) is 30.8 Å². The highest BCUT2D eigenvalue weighted by atomic mass is 79.9. The highest BCUT2D eigenvalue weighted by Crippen LogP contribution is 2.30. The van der Waals surface area contributed by atoms with Crippen LogP contribution in [0.5, 0.6) is 0 Å². The lowest BCUT2D eigenvalue weighted by Gasteiger charge is -2.28. The molecule has 0 radical (unpaired) electrons. The minimum Gasteiger partial charge on any atom is -0.376 e. The molecule has 0 aliphatic carbocycles. The molecule has 2 heterocycles. The van der Waals surface area contributed by atoms with E-state index in [-0.39, 0.29) is 6.10 Å². The predicted molar refractivity (Wildman–Crippen MR) is 69.2 cm³/mol. The predicted octanol–water partition coefficient (Wildman–Crippen LogP) is 3.11. The molecule has 2 unspecified atom stereocenters. The molecule has 3 nitrogen and oxygen atoms in total. The molecule has 1 aliphatic heterocycles. The fourth-order valence-corrected chi connectivity index (χ4v) is 2.97. The summed E-state index contributed by atoms with van der Waals surface area (Å²) in [7, 11) is 2.04. The minimum atomic E-state index is 0.245. The zero-order chi connectivity index (χ0) is 11.7. The zero-order valence-electron chi connectivity index (χ0n) is 9.28. The number of ether oxygens (including phenoxy) is 1. The van der Waals surface area contributed by atoms with Crippen LogP contribution in [0.4, 0.5) is 5.82 Å². The maximum absolute atomic E-state index is 5.87. The summed E-state index contributed by atoms with van der Waals surface area (Å²) >= 11 is 9.36. The van der Waals surface area contributed by atoms with Crippen LogP contribution in [0.2, 0.25) is 5.02 Å². The van der Waals surface area contributed by atoms with Gasteiger partial charge in [0, 0.05) is 19.9 Å². The third kappa shape index (κ3) is 2.34. The molecule has 0 aromatic carbocycles. The van der Waals surface area contributed by atoms with E-state index < -0.39 is 0 Å². The van der Waals surface area contributed by atoms with Crippen molar-refractivity contribution in [3.05, 3.63) is 21.8 Å². The van der Waals surface area contributed by atoms with Crippen molar-refractivity contribution in [2.75, 3.05) is 18.6 Å². The number of halogens is 2. The average Bonchev–Trinajstić information content (AvgIpc) is 2.63. The van der Waals surface area contributed by atoms with Crippen LogP contribution in [-0.2, 0) is 4.74 Å². The Hall–Kier alpha value is -0.320. The van der Waals surface area contributed by atoms with Crippen LogP contribution in [0.3, 0.4) is 0 Å². The van der Waals surface area contributed by atoms with Gasteiger partial charge in [-0.25, -0.2) is 4.98 Å². The summed E-state index contributed by atoms with van der Waals surface area (Å²) < 4.78 is 6.48. The van der Waals surface area contributed by atoms with Gasteiger partial charge in [-0.15, -0.1) is 0 Å². The first kappa shape index (κ1) is 12.1. The Morgan fingerprint density at radius 1 is 1.62 bits per heavy atom. The van der Waals surface area contributed by atoms with Gasteiger partial charge in [0.2, 0.25) is 0 Å². The molecule has 0 spiro atoms. The number of aromatic nitrogens is 1. The van der Waals surface area contributed by atoms with Gasteiger partial charge in [-0.2, -0.15) is 0 Å². The van der Waals surface area contributed by atoms with E-state index >= 15 is 0 Å². The number of hydrogen-bond acceptors (Lipinski definition) is 3. The summed E-state index contributed by atoms with van der Waals surface area (Å²) in [6.45, 7) is 2.92. The standard InChI is InChI=1S/C11H14BrClN2O/c1-7-10(3-4-16-7)15(2)11-9(12)5-8(13)6-14-11/h5-7,10H,3-4H2,1-2H3. The van der Waals surface area contributed by atoms with E-state index in [9.17, 15) is 0 Å². The molecule has 0 amide bonds. The molecular weight excluding hydrogens is 291 g/mol. The second-order valence-corrected chi connectivity index (χ2v) is 5.29. The minimum absolute atomic E-state index is 0.245. The number of anilines is 1. The van der Waals surface area contributed by atoms with E-state index in [0.29, 0.717) is 11.1 Å². The fraction of sp³-hybridized carbons (Fsp3) is 0.545. The Labute approximate surface area is 109 Å². The lowest BCUT2D eigenvalue weighted by molar-refractivity contribution is 0.118. The smallest absolute Gasteiger partial charge is 0.143 e. The molecule has 1 aromatic rings. The summed E-state index contributed by atoms with van der Waals surface area (Å²) in [5.41, 5.74) is 0. The lowest BCUT2D eigenvalue weighted by atomic mass is 10.1. The molecule has 0 saturated carbocycles. The van der Waals surface area contributed by atoms with Crippen molar-refractivity contribution in [2.45, 2.75) is 25.5 Å². The molecule has 2 rings (SSSR count). The highest BCUT2D eigenvalue weighted by Gasteiger charge is 2.29. The van der Waals surface area contributed by atoms with Gasteiger partial charge >= 0.3 is 0 Å². The van der Waals surface area contributed by atoms with E-state index in [0.717, 1.165) is 23.3 Å². The van der Waals surface area contributed by atoms with Gasteiger partial charge < -0.3 is 9.64 Å². The van der Waals surface area contributed by atoms with Crippen molar-refractivity contribution in [1.82, 2.24) is 4.98 Å². The van der Waals surface area contributed by atoms with E-state index in [1.807, 2.05) is 13.1 Å². The van der Waals surface area contributed by atoms with Crippen molar-refractivity contribution in [3.63, 3.8) is 0 Å². The van der Waals surface area contributed by atoms with Gasteiger partial charge in [0.25, 0.3) is 0 Å². The topological polar surface area (TPSA) is 25.4 Å². The van der Waals surface area contributed by atoms with Crippen LogP contribution >= 0.6 is 27.5 Å². The second kappa shape index (κ2) is 4.90. The first-order valence-corrected chi connectivity index (χ1v) is 6.42. The van der Waals surface area contributed by atoms with Gasteiger partial charge in [-0.1, -0.05) is 11.6 Å². The van der Waals surface area contributed by atoms with Gasteiger partial charge in [0.15, 0.2) is 0 Å². The molecule has 0 N–H and O–H groups in total. The van der Waals surface area contributed by atoms with Gasteiger partial charge in [0.05, 0.1) is 21.6 Å². The first-order chi connectivity index (χ1) is 7.59. The van der Waals surface area contributed by atoms with Crippen molar-refractivity contribution < 1.29 is 4.74 Å². The molecule has 1 aromatic heterocycles. The molecule has 5 heteroatoms. The summed E-state index contributed by atoms with van der Waals surface area (Å²) in [6, 6.07) is 2.24. The van der Waals surface area contributed by atoms with Gasteiger partial charge in [-0.3, -0.25) is 0 Å². The SMILES string of the molecule is CC1OCCC1N(C)c1ncc(Cl)cc1Br. The normalized spacial score (nSPS) is 24.8. The summed E-state index contributed by atoms with van der Waals surface area (Å²) in [4.78, 5) is 6.50. The number of rotatable bonds is 2. The summed E-state index contributed by atoms with van der Waals surface area (Å²) in [5.74, 6) is 0.909. The Balaban J connectivity index is 2.23. The summed E-state index contributed by atoms with van der Waals surface area (Å²) in [6.07, 6.45) is 2.95. The Kier molecular flexibility index (Phi) is 3.72. The lowest BCUT2D eigenvalue weighted by Crippen LogP contribution is -2.37. The van der Waals surface area contributed by atoms with Crippen LogP contribution in [0, 0.1) is 0 Å². The maximum Gasteiger partial charge on any atom is 0.143 e. The maximum atomic E-state index is 5.87. The molecule has 1 saturated heterocycles. The van der Waals surface area contributed by atoms with Gasteiger partial charge in [-0.05, 0) is 35.3 Å². The molecule has 1 fully saturated rings. The largest absolute Gasteiger partial charge is 0.376 e. The fourth-order valence-electron chi connectivity index (χ4n) is 2.05. The molecule has 1 aliphatic rings. The Morgan fingerprint density at radius 2 is 2.38 bits per heavy atom. The van der Waals surface area contributed by atoms with Crippen molar-refractivity contribution in [2.24, 2.45) is 0 Å². The van der Waals surface area contributed by atoms with Crippen LogP contribution in [0.15, 0.2) is 16.7 Å². The number of nitrogens with zero attached hydrogens (tertiary/aromatic N) is 2. The number of pyridine rings is 1. The molecular formula is C11H14BrClN2O. The number of likely N-dealkylation sites (N-methyl/N-ethyl adjacent to an activating group) is 1. The van der Waals surface area contributed by atoms with Crippen molar-refractivity contribution in [3.8, 4) is 0 Å². The third-order valence-corrected chi connectivity index (χ3v) is 3.75. The van der Waals surface area contributed by atoms with E-state index in [1.165, 1.54) is 0 Å². The Bertz CT molecular complexity index is 388. The molecule has 0 bridgehead atoms. The highest BCUT2D eigenvalue weighted by molar-refractivity contribution is 9.10. The second-order valence-electron chi connectivity index (χ2n) is 4.00. The molecule has 2 atom stereocenters. The molecule has 88 valence electrons. The van der Waals surface area contributed by atoms with E-state index in [2.05, 4.69) is 32.7 Å². The van der Waals surface area contributed by atoms with E-state index in [1.54, 1.807) is 6.20 Å². The first-order valence-electron chi connectivity index (χ1n) is 5.25.